The molecule has 1 rings (SSSR count). The highest BCUT2D eigenvalue weighted by molar-refractivity contribution is 5.85. The number of carboxylic acid groups (broad SMARTS) is 1. The normalized spacial score (nSPS) is 20.2. The fourth-order valence-corrected chi connectivity index (χ4v) is 2.47. The van der Waals surface area contributed by atoms with Gasteiger partial charge >= 0.3 is 11.9 Å². The smallest absolute Gasteiger partial charge is 0.329 e. The number of hydrogen-bond acceptors (Lipinski definition) is 4. The third-order valence-corrected chi connectivity index (χ3v) is 3.30. The molecule has 0 aromatic rings. The van der Waals surface area contributed by atoms with E-state index in [-0.39, 0.29) is 30.6 Å². The van der Waals surface area contributed by atoms with Crippen molar-refractivity contribution < 1.29 is 24.2 Å². The maximum absolute atomic E-state index is 12.2. The zero-order chi connectivity index (χ0) is 16.2. The van der Waals surface area contributed by atoms with Crippen LogP contribution in [0, 0.1) is 5.92 Å². The van der Waals surface area contributed by atoms with Gasteiger partial charge in [-0.3, -0.25) is 9.59 Å². The van der Waals surface area contributed by atoms with E-state index in [1.54, 1.807) is 27.7 Å². The summed E-state index contributed by atoms with van der Waals surface area (Å²) in [5, 5.41) is 8.73. The lowest BCUT2D eigenvalue weighted by Crippen LogP contribution is -2.44. The maximum Gasteiger partial charge on any atom is 0.329 e. The molecule has 0 aliphatic carbocycles. The first-order chi connectivity index (χ1) is 9.60. The second kappa shape index (κ2) is 6.91. The molecule has 6 nitrogen and oxygen atoms in total. The molecule has 6 heteroatoms. The highest BCUT2D eigenvalue weighted by atomic mass is 16.6. The molecular formula is C15H25NO5. The van der Waals surface area contributed by atoms with Gasteiger partial charge in [-0.15, -0.1) is 0 Å². The lowest BCUT2D eigenvalue weighted by molar-refractivity contribution is -0.163. The minimum Gasteiger partial charge on any atom is -0.481 e. The van der Waals surface area contributed by atoms with E-state index in [0.717, 1.165) is 6.42 Å². The summed E-state index contributed by atoms with van der Waals surface area (Å²) in [5.74, 6) is -1.70. The van der Waals surface area contributed by atoms with Gasteiger partial charge in [0.15, 0.2) is 0 Å². The molecule has 1 N–H and O–H groups in total. The van der Waals surface area contributed by atoms with Gasteiger partial charge < -0.3 is 14.7 Å². The van der Waals surface area contributed by atoms with Gasteiger partial charge in [-0.1, -0.05) is 6.92 Å². The fraction of sp³-hybridized carbons (Fsp3) is 0.800. The summed E-state index contributed by atoms with van der Waals surface area (Å²) in [6.45, 7) is 7.63. The minimum atomic E-state index is -0.916. The van der Waals surface area contributed by atoms with Gasteiger partial charge in [-0.05, 0) is 39.5 Å². The van der Waals surface area contributed by atoms with Crippen molar-refractivity contribution in [2.24, 2.45) is 5.92 Å². The summed E-state index contributed by atoms with van der Waals surface area (Å²) in [6, 6.07) is -0.534. The number of ether oxygens (including phenoxy) is 1. The SMILES string of the molecule is CC(CC(=O)O)CC(=O)N1CCC[C@H]1C(=O)OC(C)(C)C. The fourth-order valence-electron chi connectivity index (χ4n) is 2.47. The Kier molecular flexibility index (Phi) is 5.75. The highest BCUT2D eigenvalue weighted by Gasteiger charge is 2.37. The van der Waals surface area contributed by atoms with Crippen LogP contribution in [0.4, 0.5) is 0 Å². The van der Waals surface area contributed by atoms with Crippen LogP contribution < -0.4 is 0 Å². The number of carboxylic acids is 1. The van der Waals surface area contributed by atoms with Crippen molar-refractivity contribution in [3.8, 4) is 0 Å². The monoisotopic (exact) mass is 299 g/mol. The third-order valence-electron chi connectivity index (χ3n) is 3.30. The van der Waals surface area contributed by atoms with Crippen molar-refractivity contribution in [1.29, 1.82) is 0 Å². The molecule has 1 unspecified atom stereocenters. The van der Waals surface area contributed by atoms with Crippen molar-refractivity contribution in [3.05, 3.63) is 0 Å². The van der Waals surface area contributed by atoms with E-state index in [9.17, 15) is 14.4 Å². The summed E-state index contributed by atoms with van der Waals surface area (Å²) in [4.78, 5) is 36.5. The van der Waals surface area contributed by atoms with Gasteiger partial charge in [0, 0.05) is 19.4 Å². The Morgan fingerprint density at radius 3 is 2.43 bits per heavy atom. The summed E-state index contributed by atoms with van der Waals surface area (Å²) in [7, 11) is 0. The van der Waals surface area contributed by atoms with Crippen LogP contribution in [-0.2, 0) is 19.1 Å². The van der Waals surface area contributed by atoms with Gasteiger partial charge in [0.2, 0.25) is 5.91 Å². The van der Waals surface area contributed by atoms with Crippen LogP contribution in [0.15, 0.2) is 0 Å². The Balaban J connectivity index is 2.62. The second-order valence-electron chi connectivity index (χ2n) is 6.69. The van der Waals surface area contributed by atoms with E-state index >= 15 is 0 Å². The molecule has 1 amide bonds. The molecule has 0 spiro atoms. The number of nitrogens with zero attached hydrogens (tertiary/aromatic N) is 1. The largest absolute Gasteiger partial charge is 0.481 e. The molecule has 0 aromatic carbocycles. The van der Waals surface area contributed by atoms with Crippen molar-refractivity contribution >= 4 is 17.8 Å². The molecule has 21 heavy (non-hydrogen) atoms. The van der Waals surface area contributed by atoms with Gasteiger partial charge in [0.05, 0.1) is 0 Å². The van der Waals surface area contributed by atoms with Gasteiger partial charge in [-0.25, -0.2) is 4.79 Å². The van der Waals surface area contributed by atoms with Crippen molar-refractivity contribution in [1.82, 2.24) is 4.90 Å². The average molecular weight is 299 g/mol. The number of carbonyl (C=O) groups excluding carboxylic acids is 2. The van der Waals surface area contributed by atoms with Crippen LogP contribution in [0.5, 0.6) is 0 Å². The topological polar surface area (TPSA) is 83.9 Å². The van der Waals surface area contributed by atoms with Crippen LogP contribution in [-0.4, -0.2) is 46.0 Å². The van der Waals surface area contributed by atoms with E-state index in [4.69, 9.17) is 9.84 Å². The Morgan fingerprint density at radius 2 is 1.90 bits per heavy atom. The second-order valence-corrected chi connectivity index (χ2v) is 6.69. The number of amides is 1. The third kappa shape index (κ3) is 5.73. The maximum atomic E-state index is 12.2. The van der Waals surface area contributed by atoms with Gasteiger partial charge in [0.25, 0.3) is 0 Å². The Bertz CT molecular complexity index is 413. The number of likely N-dealkylation sites (tertiary alicyclic amines) is 1. The molecule has 1 heterocycles. The summed E-state index contributed by atoms with van der Waals surface area (Å²) >= 11 is 0. The standard InChI is InChI=1S/C15H25NO5/c1-10(9-13(18)19)8-12(17)16-7-5-6-11(16)14(20)21-15(2,3)4/h10-11H,5-9H2,1-4H3,(H,18,19)/t10?,11-/m0/s1. The van der Waals surface area contributed by atoms with Crippen molar-refractivity contribution in [2.45, 2.75) is 65.0 Å². The lowest BCUT2D eigenvalue weighted by Gasteiger charge is -2.28. The van der Waals surface area contributed by atoms with Crippen molar-refractivity contribution in [2.75, 3.05) is 6.54 Å². The quantitative estimate of drug-likeness (QED) is 0.783. The minimum absolute atomic E-state index is 0.0450. The zero-order valence-electron chi connectivity index (χ0n) is 13.2. The molecule has 0 aromatic heterocycles. The molecule has 0 radical (unpaired) electrons. The summed E-state index contributed by atoms with van der Waals surface area (Å²) < 4.78 is 5.34. The van der Waals surface area contributed by atoms with E-state index in [1.165, 1.54) is 4.90 Å². The van der Waals surface area contributed by atoms with Gasteiger partial charge in [-0.2, -0.15) is 0 Å². The first kappa shape index (κ1) is 17.5. The van der Waals surface area contributed by atoms with Crippen LogP contribution in [0.2, 0.25) is 0 Å². The van der Waals surface area contributed by atoms with E-state index in [0.29, 0.717) is 13.0 Å². The summed E-state index contributed by atoms with van der Waals surface area (Å²) in [6.07, 6.45) is 1.47. The van der Waals surface area contributed by atoms with Gasteiger partial charge in [0.1, 0.15) is 11.6 Å². The number of hydrogen-bond donors (Lipinski definition) is 1. The molecule has 2 atom stereocenters. The molecule has 1 aliphatic rings. The first-order valence-electron chi connectivity index (χ1n) is 7.34. The Labute approximate surface area is 125 Å². The lowest BCUT2D eigenvalue weighted by atomic mass is 10.0. The van der Waals surface area contributed by atoms with Crippen LogP contribution in [0.25, 0.3) is 0 Å². The first-order valence-corrected chi connectivity index (χ1v) is 7.34. The number of rotatable bonds is 5. The predicted molar refractivity (Wildman–Crippen MR) is 76.6 cm³/mol. The van der Waals surface area contributed by atoms with Crippen LogP contribution >= 0.6 is 0 Å². The molecule has 1 aliphatic heterocycles. The molecule has 120 valence electrons. The van der Waals surface area contributed by atoms with E-state index in [2.05, 4.69) is 0 Å². The number of carbonyl (C=O) groups is 3. The number of aliphatic carboxylic acids is 1. The van der Waals surface area contributed by atoms with E-state index < -0.39 is 17.6 Å². The van der Waals surface area contributed by atoms with Crippen molar-refractivity contribution in [3.63, 3.8) is 0 Å². The highest BCUT2D eigenvalue weighted by Crippen LogP contribution is 2.23. The molecule has 1 saturated heterocycles. The molecule has 0 bridgehead atoms. The Morgan fingerprint density at radius 1 is 1.29 bits per heavy atom. The van der Waals surface area contributed by atoms with E-state index in [1.807, 2.05) is 0 Å². The van der Waals surface area contributed by atoms with Crippen LogP contribution in [0.1, 0.15) is 53.4 Å². The van der Waals surface area contributed by atoms with Crippen LogP contribution in [0.3, 0.4) is 0 Å². The summed E-state index contributed by atoms with van der Waals surface area (Å²) in [5.41, 5.74) is -0.578. The molecule has 1 fully saturated rings. The molecular weight excluding hydrogens is 274 g/mol. The Hall–Kier alpha value is -1.59. The average Bonchev–Trinajstić information content (AvgIpc) is 2.73. The molecule has 0 saturated carbocycles. The zero-order valence-corrected chi connectivity index (χ0v) is 13.2. The predicted octanol–water partition coefficient (Wildman–Crippen LogP) is 1.82. The number of esters is 1.